The molecule has 3 aromatic rings. The normalized spacial score (nSPS) is 10.9. The topological polar surface area (TPSA) is 85.8 Å². The SMILES string of the molecule is Cn1cc(CNc2cncc3nnnn23)cn1. The Hall–Kier alpha value is -2.51. The standard InChI is InChI=1S/C9H10N8/c1-16-6-7(3-12-16)2-11-8-4-10-5-9-13-14-15-17(8)9/h3-6,11H,2H2,1H3. The summed E-state index contributed by atoms with van der Waals surface area (Å²) in [5, 5.41) is 18.6. The Morgan fingerprint density at radius 3 is 3.06 bits per heavy atom. The van der Waals surface area contributed by atoms with E-state index in [2.05, 4.69) is 30.9 Å². The molecule has 0 spiro atoms. The van der Waals surface area contributed by atoms with Crippen molar-refractivity contribution in [2.75, 3.05) is 5.32 Å². The number of rotatable bonds is 3. The van der Waals surface area contributed by atoms with Crippen LogP contribution in [0.3, 0.4) is 0 Å². The van der Waals surface area contributed by atoms with E-state index in [1.807, 2.05) is 13.2 Å². The number of fused-ring (bicyclic) bond motifs is 1. The summed E-state index contributed by atoms with van der Waals surface area (Å²) in [5.74, 6) is 0.747. The molecule has 0 aliphatic heterocycles. The van der Waals surface area contributed by atoms with Gasteiger partial charge in [0.15, 0.2) is 11.5 Å². The van der Waals surface area contributed by atoms with Gasteiger partial charge < -0.3 is 5.32 Å². The van der Waals surface area contributed by atoms with Crippen LogP contribution in [0.1, 0.15) is 5.56 Å². The highest BCUT2D eigenvalue weighted by Crippen LogP contribution is 2.07. The largest absolute Gasteiger partial charge is 0.364 e. The van der Waals surface area contributed by atoms with Crippen molar-refractivity contribution in [3.8, 4) is 0 Å². The molecule has 3 heterocycles. The second-order valence-electron chi connectivity index (χ2n) is 3.62. The zero-order valence-corrected chi connectivity index (χ0v) is 9.15. The molecule has 0 aromatic carbocycles. The number of aryl methyl sites for hydroxylation is 1. The fraction of sp³-hybridized carbons (Fsp3) is 0.222. The summed E-state index contributed by atoms with van der Waals surface area (Å²) >= 11 is 0. The fourth-order valence-corrected chi connectivity index (χ4v) is 1.55. The van der Waals surface area contributed by atoms with Gasteiger partial charge in [0.25, 0.3) is 0 Å². The van der Waals surface area contributed by atoms with Gasteiger partial charge in [-0.2, -0.15) is 9.61 Å². The maximum atomic E-state index is 4.10. The lowest BCUT2D eigenvalue weighted by Gasteiger charge is -2.04. The Balaban J connectivity index is 1.83. The van der Waals surface area contributed by atoms with Crippen molar-refractivity contribution in [1.82, 2.24) is 34.8 Å². The van der Waals surface area contributed by atoms with Gasteiger partial charge in [-0.25, -0.2) is 0 Å². The molecule has 0 bridgehead atoms. The van der Waals surface area contributed by atoms with Crippen molar-refractivity contribution in [3.63, 3.8) is 0 Å². The first kappa shape index (κ1) is 9.70. The van der Waals surface area contributed by atoms with E-state index in [-0.39, 0.29) is 0 Å². The van der Waals surface area contributed by atoms with E-state index in [9.17, 15) is 0 Å². The lowest BCUT2D eigenvalue weighted by molar-refractivity contribution is 0.767. The molecule has 8 heteroatoms. The second kappa shape index (κ2) is 3.81. The number of tetrazole rings is 1. The van der Waals surface area contributed by atoms with Crippen LogP contribution in [-0.4, -0.2) is 34.8 Å². The maximum Gasteiger partial charge on any atom is 0.199 e. The molecule has 0 aliphatic carbocycles. The van der Waals surface area contributed by atoms with Gasteiger partial charge in [0.05, 0.1) is 18.6 Å². The number of hydrogen-bond acceptors (Lipinski definition) is 6. The predicted octanol–water partition coefficient (Wildman–Crippen LogP) is -0.135. The van der Waals surface area contributed by atoms with Crippen LogP contribution in [0.25, 0.3) is 5.65 Å². The Kier molecular flexibility index (Phi) is 2.18. The molecule has 0 saturated heterocycles. The van der Waals surface area contributed by atoms with Crippen LogP contribution in [0.2, 0.25) is 0 Å². The van der Waals surface area contributed by atoms with Gasteiger partial charge in [-0.05, 0) is 10.4 Å². The second-order valence-corrected chi connectivity index (χ2v) is 3.62. The Bertz CT molecular complexity index is 639. The van der Waals surface area contributed by atoms with E-state index in [0.717, 1.165) is 11.4 Å². The highest BCUT2D eigenvalue weighted by atomic mass is 15.5. The third-order valence-corrected chi connectivity index (χ3v) is 2.34. The molecule has 0 fully saturated rings. The van der Waals surface area contributed by atoms with Crippen LogP contribution in [0.4, 0.5) is 5.82 Å². The quantitative estimate of drug-likeness (QED) is 0.674. The molecular formula is C9H10N8. The summed E-state index contributed by atoms with van der Waals surface area (Å²) in [6, 6.07) is 0. The van der Waals surface area contributed by atoms with E-state index in [0.29, 0.717) is 12.2 Å². The average Bonchev–Trinajstić information content (AvgIpc) is 2.94. The van der Waals surface area contributed by atoms with Crippen molar-refractivity contribution in [2.45, 2.75) is 6.54 Å². The van der Waals surface area contributed by atoms with Gasteiger partial charge in [0.2, 0.25) is 0 Å². The van der Waals surface area contributed by atoms with Crippen LogP contribution in [0.5, 0.6) is 0 Å². The molecule has 0 amide bonds. The summed E-state index contributed by atoms with van der Waals surface area (Å²) < 4.78 is 3.36. The molecule has 0 unspecified atom stereocenters. The smallest absolute Gasteiger partial charge is 0.199 e. The number of anilines is 1. The fourth-order valence-electron chi connectivity index (χ4n) is 1.55. The van der Waals surface area contributed by atoms with Crippen LogP contribution in [0, 0.1) is 0 Å². The Morgan fingerprint density at radius 1 is 1.29 bits per heavy atom. The van der Waals surface area contributed by atoms with Crippen molar-refractivity contribution in [3.05, 3.63) is 30.4 Å². The van der Waals surface area contributed by atoms with Crippen LogP contribution < -0.4 is 5.32 Å². The Labute approximate surface area is 96.3 Å². The predicted molar refractivity (Wildman–Crippen MR) is 59.1 cm³/mol. The van der Waals surface area contributed by atoms with Gasteiger partial charge in [0, 0.05) is 25.4 Å². The number of aromatic nitrogens is 7. The van der Waals surface area contributed by atoms with Crippen molar-refractivity contribution >= 4 is 11.5 Å². The van der Waals surface area contributed by atoms with Gasteiger partial charge in [0.1, 0.15) is 0 Å². The van der Waals surface area contributed by atoms with Crippen LogP contribution >= 0.6 is 0 Å². The van der Waals surface area contributed by atoms with E-state index in [1.54, 1.807) is 27.8 Å². The van der Waals surface area contributed by atoms with Crippen molar-refractivity contribution in [2.24, 2.45) is 7.05 Å². The molecule has 3 aromatic heterocycles. The first-order valence-electron chi connectivity index (χ1n) is 5.06. The summed E-state index contributed by atoms with van der Waals surface area (Å²) in [7, 11) is 1.88. The van der Waals surface area contributed by atoms with Crippen LogP contribution in [-0.2, 0) is 13.6 Å². The summed E-state index contributed by atoms with van der Waals surface area (Å²) in [6.45, 7) is 0.647. The minimum Gasteiger partial charge on any atom is -0.364 e. The zero-order valence-electron chi connectivity index (χ0n) is 9.15. The van der Waals surface area contributed by atoms with E-state index in [4.69, 9.17) is 0 Å². The highest BCUT2D eigenvalue weighted by Gasteiger charge is 2.03. The van der Waals surface area contributed by atoms with E-state index < -0.39 is 0 Å². The minimum atomic E-state index is 0.612. The summed E-state index contributed by atoms with van der Waals surface area (Å²) in [5.41, 5.74) is 1.69. The van der Waals surface area contributed by atoms with Gasteiger partial charge in [-0.3, -0.25) is 9.67 Å². The molecular weight excluding hydrogens is 220 g/mol. The third-order valence-electron chi connectivity index (χ3n) is 2.34. The Morgan fingerprint density at radius 2 is 2.24 bits per heavy atom. The first-order valence-corrected chi connectivity index (χ1v) is 5.06. The number of hydrogen-bond donors (Lipinski definition) is 1. The molecule has 0 atom stereocenters. The molecule has 3 rings (SSSR count). The van der Waals surface area contributed by atoms with Gasteiger partial charge in [-0.15, -0.1) is 5.10 Å². The lowest BCUT2D eigenvalue weighted by atomic mass is 10.3. The molecule has 86 valence electrons. The van der Waals surface area contributed by atoms with Gasteiger partial charge in [-0.1, -0.05) is 0 Å². The summed E-state index contributed by atoms with van der Waals surface area (Å²) in [6.07, 6.45) is 7.04. The number of nitrogens with zero attached hydrogens (tertiary/aromatic N) is 7. The molecule has 0 saturated carbocycles. The third kappa shape index (κ3) is 1.80. The molecule has 0 aliphatic rings. The lowest BCUT2D eigenvalue weighted by Crippen LogP contribution is -2.05. The van der Waals surface area contributed by atoms with Crippen molar-refractivity contribution < 1.29 is 0 Å². The molecule has 0 radical (unpaired) electrons. The average molecular weight is 230 g/mol. The van der Waals surface area contributed by atoms with Crippen molar-refractivity contribution in [1.29, 1.82) is 0 Å². The van der Waals surface area contributed by atoms with Gasteiger partial charge >= 0.3 is 0 Å². The van der Waals surface area contributed by atoms with Crippen LogP contribution in [0.15, 0.2) is 24.8 Å². The van der Waals surface area contributed by atoms with E-state index >= 15 is 0 Å². The highest BCUT2D eigenvalue weighted by molar-refractivity contribution is 5.43. The number of nitrogens with one attached hydrogen (secondary N) is 1. The molecule has 17 heavy (non-hydrogen) atoms. The zero-order chi connectivity index (χ0) is 11.7. The monoisotopic (exact) mass is 230 g/mol. The van der Waals surface area contributed by atoms with E-state index in [1.165, 1.54) is 0 Å². The molecule has 1 N–H and O–H groups in total. The maximum absolute atomic E-state index is 4.10. The minimum absolute atomic E-state index is 0.612. The summed E-state index contributed by atoms with van der Waals surface area (Å²) in [4.78, 5) is 4.06. The molecule has 8 nitrogen and oxygen atoms in total. The first-order chi connectivity index (χ1) is 8.33.